The monoisotopic (exact) mass is 342 g/mol. The maximum Gasteiger partial charge on any atom is 0.251 e. The van der Waals surface area contributed by atoms with Gasteiger partial charge < -0.3 is 15.0 Å². The number of hydrogen-bond donors (Lipinski definition) is 1. The first kappa shape index (κ1) is 17.1. The number of hydrogen-bond acceptors (Lipinski definition) is 4. The van der Waals surface area contributed by atoms with Crippen LogP contribution in [0.2, 0.25) is 0 Å². The quantitative estimate of drug-likeness (QED) is 0.847. The molecule has 25 heavy (non-hydrogen) atoms. The van der Waals surface area contributed by atoms with Gasteiger partial charge in [-0.2, -0.15) is 0 Å². The van der Waals surface area contributed by atoms with E-state index in [-0.39, 0.29) is 12.3 Å². The smallest absolute Gasteiger partial charge is 0.251 e. The second-order valence-electron chi connectivity index (χ2n) is 5.76. The lowest BCUT2D eigenvalue weighted by molar-refractivity contribution is 0.0904. The number of amides is 1. The highest BCUT2D eigenvalue weighted by atomic mass is 19.1. The van der Waals surface area contributed by atoms with Gasteiger partial charge in [0.25, 0.3) is 5.91 Å². The number of carbonyl (C=O) groups is 2. The van der Waals surface area contributed by atoms with Crippen molar-refractivity contribution in [2.75, 3.05) is 37.7 Å². The molecule has 0 aromatic heterocycles. The molecule has 1 N–H and O–H groups in total. The Balaban J connectivity index is 1.55. The molecular weight excluding hydrogens is 323 g/mol. The number of anilines is 1. The van der Waals surface area contributed by atoms with Crippen molar-refractivity contribution in [1.82, 2.24) is 5.32 Å². The van der Waals surface area contributed by atoms with Crippen molar-refractivity contribution in [3.63, 3.8) is 0 Å². The van der Waals surface area contributed by atoms with Crippen LogP contribution in [0.3, 0.4) is 0 Å². The lowest BCUT2D eigenvalue weighted by Gasteiger charge is -2.28. The molecule has 5 nitrogen and oxygen atoms in total. The first-order valence-electron chi connectivity index (χ1n) is 8.13. The van der Waals surface area contributed by atoms with Crippen LogP contribution in [-0.4, -0.2) is 44.5 Å². The van der Waals surface area contributed by atoms with Gasteiger partial charge in [0.2, 0.25) is 0 Å². The molecule has 130 valence electrons. The maximum absolute atomic E-state index is 12.9. The van der Waals surface area contributed by atoms with Crippen LogP contribution in [0.4, 0.5) is 10.1 Å². The van der Waals surface area contributed by atoms with E-state index in [0.717, 1.165) is 18.8 Å². The van der Waals surface area contributed by atoms with Crippen LogP contribution in [0.5, 0.6) is 0 Å². The topological polar surface area (TPSA) is 58.6 Å². The molecule has 0 aliphatic carbocycles. The number of nitrogens with zero attached hydrogens (tertiary/aromatic N) is 1. The molecule has 2 aromatic rings. The minimum atomic E-state index is -0.409. The van der Waals surface area contributed by atoms with E-state index in [9.17, 15) is 14.0 Å². The van der Waals surface area contributed by atoms with Crippen molar-refractivity contribution < 1.29 is 18.7 Å². The van der Waals surface area contributed by atoms with E-state index in [4.69, 9.17) is 4.74 Å². The lowest BCUT2D eigenvalue weighted by Crippen LogP contribution is -2.36. The first-order valence-corrected chi connectivity index (χ1v) is 8.13. The van der Waals surface area contributed by atoms with Gasteiger partial charge in [-0.15, -0.1) is 0 Å². The molecule has 6 heteroatoms. The molecule has 0 spiro atoms. The van der Waals surface area contributed by atoms with E-state index >= 15 is 0 Å². The Morgan fingerprint density at radius 2 is 1.56 bits per heavy atom. The molecule has 1 fully saturated rings. The number of nitrogens with one attached hydrogen (secondary N) is 1. The van der Waals surface area contributed by atoms with Crippen molar-refractivity contribution in [1.29, 1.82) is 0 Å². The molecule has 1 saturated heterocycles. The number of ether oxygens (including phenoxy) is 1. The fraction of sp³-hybridized carbons (Fsp3) is 0.263. The van der Waals surface area contributed by atoms with Gasteiger partial charge in [0.1, 0.15) is 5.82 Å². The molecular formula is C19H19FN2O3. The van der Waals surface area contributed by atoms with Crippen LogP contribution >= 0.6 is 0 Å². The highest BCUT2D eigenvalue weighted by Gasteiger charge is 2.13. The second kappa shape index (κ2) is 7.90. The summed E-state index contributed by atoms with van der Waals surface area (Å²) < 4.78 is 18.2. The third-order valence-electron chi connectivity index (χ3n) is 4.08. The zero-order valence-electron chi connectivity index (χ0n) is 13.7. The number of carbonyl (C=O) groups excluding carboxylic acids is 2. The Morgan fingerprint density at radius 3 is 2.20 bits per heavy atom. The minimum Gasteiger partial charge on any atom is -0.378 e. The fourth-order valence-corrected chi connectivity index (χ4v) is 2.65. The van der Waals surface area contributed by atoms with Crippen LogP contribution in [0, 0.1) is 5.82 Å². The molecule has 3 rings (SSSR count). The van der Waals surface area contributed by atoms with Crippen molar-refractivity contribution in [2.45, 2.75) is 0 Å². The fourth-order valence-electron chi connectivity index (χ4n) is 2.65. The van der Waals surface area contributed by atoms with Gasteiger partial charge in [-0.25, -0.2) is 4.39 Å². The molecule has 1 heterocycles. The summed E-state index contributed by atoms with van der Waals surface area (Å²) in [6.07, 6.45) is 0. The van der Waals surface area contributed by atoms with Gasteiger partial charge in [0.05, 0.1) is 19.8 Å². The van der Waals surface area contributed by atoms with Crippen molar-refractivity contribution in [3.8, 4) is 0 Å². The van der Waals surface area contributed by atoms with E-state index in [1.54, 1.807) is 12.1 Å². The predicted molar refractivity (Wildman–Crippen MR) is 92.5 cm³/mol. The molecule has 1 amide bonds. The first-order chi connectivity index (χ1) is 12.1. The van der Waals surface area contributed by atoms with Crippen LogP contribution < -0.4 is 10.2 Å². The average Bonchev–Trinajstić information content (AvgIpc) is 2.67. The van der Waals surface area contributed by atoms with E-state index in [1.165, 1.54) is 24.3 Å². The summed E-state index contributed by atoms with van der Waals surface area (Å²) in [7, 11) is 0. The second-order valence-corrected chi connectivity index (χ2v) is 5.76. The lowest BCUT2D eigenvalue weighted by atomic mass is 10.1. The minimum absolute atomic E-state index is 0.104. The van der Waals surface area contributed by atoms with Crippen LogP contribution in [0.15, 0.2) is 48.5 Å². The molecule has 1 aliphatic rings. The summed E-state index contributed by atoms with van der Waals surface area (Å²) in [4.78, 5) is 26.4. The highest BCUT2D eigenvalue weighted by Crippen LogP contribution is 2.16. The van der Waals surface area contributed by atoms with Gasteiger partial charge in [-0.3, -0.25) is 9.59 Å². The Labute approximate surface area is 145 Å². The van der Waals surface area contributed by atoms with Crippen molar-refractivity contribution in [3.05, 3.63) is 65.5 Å². The van der Waals surface area contributed by atoms with Crippen LogP contribution in [0.1, 0.15) is 20.7 Å². The zero-order valence-corrected chi connectivity index (χ0v) is 13.7. The number of rotatable bonds is 5. The Hall–Kier alpha value is -2.73. The van der Waals surface area contributed by atoms with E-state index in [2.05, 4.69) is 10.2 Å². The highest BCUT2D eigenvalue weighted by molar-refractivity contribution is 6.02. The van der Waals surface area contributed by atoms with Gasteiger partial charge in [-0.1, -0.05) is 0 Å². The summed E-state index contributed by atoms with van der Waals surface area (Å²) in [5.74, 6) is -0.990. The number of halogens is 1. The standard InChI is InChI=1S/C19H19FN2O3/c20-16-5-1-15(2-6-16)19(24)21-13-18(23)14-3-7-17(8-4-14)22-9-11-25-12-10-22/h1-8H,9-13H2,(H,21,24). The normalized spacial score (nSPS) is 14.2. The molecule has 0 unspecified atom stereocenters. The Kier molecular flexibility index (Phi) is 5.40. The number of morpholine rings is 1. The van der Waals surface area contributed by atoms with Gasteiger partial charge in [-0.05, 0) is 48.5 Å². The third-order valence-corrected chi connectivity index (χ3v) is 4.08. The van der Waals surface area contributed by atoms with E-state index in [1.807, 2.05) is 12.1 Å². The number of Topliss-reactive ketones (excluding diaryl/α,β-unsaturated/α-hetero) is 1. The maximum atomic E-state index is 12.9. The summed E-state index contributed by atoms with van der Waals surface area (Å²) in [6.45, 7) is 2.97. The van der Waals surface area contributed by atoms with Crippen molar-refractivity contribution in [2.24, 2.45) is 0 Å². The van der Waals surface area contributed by atoms with Gasteiger partial charge >= 0.3 is 0 Å². The SMILES string of the molecule is O=C(CNC(=O)c1ccc(F)cc1)c1ccc(N2CCOCC2)cc1. The molecule has 2 aromatic carbocycles. The zero-order chi connectivity index (χ0) is 17.6. The van der Waals surface area contributed by atoms with Crippen molar-refractivity contribution >= 4 is 17.4 Å². The van der Waals surface area contributed by atoms with E-state index in [0.29, 0.717) is 24.3 Å². The predicted octanol–water partition coefficient (Wildman–Crippen LogP) is 2.28. The van der Waals surface area contributed by atoms with E-state index < -0.39 is 11.7 Å². The van der Waals surface area contributed by atoms with Gasteiger partial charge in [0, 0.05) is 29.9 Å². The Bertz CT molecular complexity index is 738. The third kappa shape index (κ3) is 4.42. The van der Waals surface area contributed by atoms with Crippen LogP contribution in [-0.2, 0) is 4.74 Å². The summed E-state index contributed by atoms with van der Waals surface area (Å²) >= 11 is 0. The largest absolute Gasteiger partial charge is 0.378 e. The van der Waals surface area contributed by atoms with Crippen LogP contribution in [0.25, 0.3) is 0 Å². The van der Waals surface area contributed by atoms with Gasteiger partial charge in [0.15, 0.2) is 5.78 Å². The summed E-state index contributed by atoms with van der Waals surface area (Å²) in [5, 5.41) is 2.56. The molecule has 0 saturated carbocycles. The number of benzene rings is 2. The molecule has 0 bridgehead atoms. The molecule has 0 atom stereocenters. The average molecular weight is 342 g/mol. The molecule has 0 radical (unpaired) electrons. The molecule has 1 aliphatic heterocycles. The summed E-state index contributed by atoms with van der Waals surface area (Å²) in [6, 6.07) is 12.5. The Morgan fingerprint density at radius 1 is 0.960 bits per heavy atom. The summed E-state index contributed by atoms with van der Waals surface area (Å²) in [5.41, 5.74) is 1.91. The number of ketones is 1.